The van der Waals surface area contributed by atoms with Gasteiger partial charge < -0.3 is 5.32 Å². The van der Waals surface area contributed by atoms with E-state index in [4.69, 9.17) is 0 Å². The highest BCUT2D eigenvalue weighted by molar-refractivity contribution is 7.84. The smallest absolute Gasteiger partial charge is 0.0357 e. The minimum Gasteiger partial charge on any atom is -0.312 e. The van der Waals surface area contributed by atoms with Crippen LogP contribution in [0.25, 0.3) is 11.1 Å². The van der Waals surface area contributed by atoms with Crippen LogP contribution in [0.1, 0.15) is 5.56 Å². The summed E-state index contributed by atoms with van der Waals surface area (Å²) in [5.41, 5.74) is 3.73. The zero-order valence-electron chi connectivity index (χ0n) is 11.1. The Labute approximate surface area is 117 Å². The molecule has 2 aromatic rings. The van der Waals surface area contributed by atoms with Gasteiger partial charge in [0.1, 0.15) is 0 Å². The Bertz CT molecular complexity index is 522. The zero-order chi connectivity index (χ0) is 13.5. The average molecular weight is 273 g/mol. The van der Waals surface area contributed by atoms with Crippen LogP contribution in [0.15, 0.2) is 54.6 Å². The van der Waals surface area contributed by atoms with Gasteiger partial charge in [0.15, 0.2) is 0 Å². The summed E-state index contributed by atoms with van der Waals surface area (Å²) in [5, 5.41) is 3.30. The van der Waals surface area contributed by atoms with Gasteiger partial charge in [-0.05, 0) is 16.7 Å². The molecule has 0 spiro atoms. The molecule has 0 fully saturated rings. The quantitative estimate of drug-likeness (QED) is 0.820. The van der Waals surface area contributed by atoms with Crippen molar-refractivity contribution < 1.29 is 4.21 Å². The maximum absolute atomic E-state index is 10.9. The predicted molar refractivity (Wildman–Crippen MR) is 82.5 cm³/mol. The minimum absolute atomic E-state index is 0.710. The molecule has 0 aromatic heterocycles. The van der Waals surface area contributed by atoms with E-state index < -0.39 is 10.8 Å². The molecule has 0 aliphatic rings. The average Bonchev–Trinajstić information content (AvgIpc) is 2.45. The first-order valence-electron chi connectivity index (χ1n) is 6.41. The van der Waals surface area contributed by atoms with E-state index in [1.54, 1.807) is 6.26 Å². The molecule has 1 atom stereocenters. The van der Waals surface area contributed by atoms with Gasteiger partial charge in [0.05, 0.1) is 0 Å². The van der Waals surface area contributed by atoms with Gasteiger partial charge >= 0.3 is 0 Å². The van der Waals surface area contributed by atoms with Crippen LogP contribution in [0.4, 0.5) is 0 Å². The van der Waals surface area contributed by atoms with Crippen molar-refractivity contribution in [2.24, 2.45) is 0 Å². The Hall–Kier alpha value is -1.45. The Morgan fingerprint density at radius 2 is 1.58 bits per heavy atom. The fraction of sp³-hybridized carbons (Fsp3) is 0.250. The summed E-state index contributed by atoms with van der Waals surface area (Å²) in [6.45, 7) is 1.62. The highest BCUT2D eigenvalue weighted by Gasteiger charge is 1.97. The Kier molecular flexibility index (Phi) is 5.31. The van der Waals surface area contributed by atoms with E-state index in [1.807, 2.05) is 6.07 Å². The first kappa shape index (κ1) is 14.0. The Morgan fingerprint density at radius 3 is 2.21 bits per heavy atom. The Balaban J connectivity index is 1.90. The molecule has 19 heavy (non-hydrogen) atoms. The lowest BCUT2D eigenvalue weighted by Crippen LogP contribution is -2.19. The third-order valence-electron chi connectivity index (χ3n) is 2.96. The third-order valence-corrected chi connectivity index (χ3v) is 3.74. The van der Waals surface area contributed by atoms with Crippen LogP contribution in [0.3, 0.4) is 0 Å². The highest BCUT2D eigenvalue weighted by atomic mass is 32.2. The SMILES string of the molecule is CS(=O)CCNCc1ccc(-c2ccccc2)cc1. The van der Waals surface area contributed by atoms with E-state index in [-0.39, 0.29) is 0 Å². The van der Waals surface area contributed by atoms with E-state index >= 15 is 0 Å². The second-order valence-electron chi connectivity index (χ2n) is 4.52. The predicted octanol–water partition coefficient (Wildman–Crippen LogP) is 2.82. The molecule has 2 rings (SSSR count). The van der Waals surface area contributed by atoms with E-state index in [9.17, 15) is 4.21 Å². The first-order chi connectivity index (χ1) is 9.25. The number of benzene rings is 2. The molecule has 0 saturated heterocycles. The highest BCUT2D eigenvalue weighted by Crippen LogP contribution is 2.18. The molecule has 0 saturated carbocycles. The number of hydrogen-bond acceptors (Lipinski definition) is 2. The fourth-order valence-electron chi connectivity index (χ4n) is 1.89. The molecule has 0 aliphatic carbocycles. The van der Waals surface area contributed by atoms with Crippen molar-refractivity contribution >= 4 is 10.8 Å². The van der Waals surface area contributed by atoms with Gasteiger partial charge in [-0.15, -0.1) is 0 Å². The van der Waals surface area contributed by atoms with Crippen LogP contribution < -0.4 is 5.32 Å². The topological polar surface area (TPSA) is 29.1 Å². The summed E-state index contributed by atoms with van der Waals surface area (Å²) in [5.74, 6) is 0.710. The molecular formula is C16H19NOS. The van der Waals surface area contributed by atoms with Crippen LogP contribution in [0.2, 0.25) is 0 Å². The molecule has 0 heterocycles. The third kappa shape index (κ3) is 4.62. The van der Waals surface area contributed by atoms with Crippen LogP contribution >= 0.6 is 0 Å². The molecule has 1 unspecified atom stereocenters. The van der Waals surface area contributed by atoms with Crippen molar-refractivity contribution in [3.63, 3.8) is 0 Å². The van der Waals surface area contributed by atoms with Crippen molar-refractivity contribution in [2.45, 2.75) is 6.54 Å². The van der Waals surface area contributed by atoms with E-state index in [1.165, 1.54) is 16.7 Å². The van der Waals surface area contributed by atoms with Crippen molar-refractivity contribution in [3.05, 3.63) is 60.2 Å². The number of nitrogens with one attached hydrogen (secondary N) is 1. The lowest BCUT2D eigenvalue weighted by atomic mass is 10.0. The van der Waals surface area contributed by atoms with Gasteiger partial charge in [0.2, 0.25) is 0 Å². The molecule has 1 N–H and O–H groups in total. The lowest BCUT2D eigenvalue weighted by Gasteiger charge is -2.06. The van der Waals surface area contributed by atoms with Gasteiger partial charge in [-0.2, -0.15) is 0 Å². The zero-order valence-corrected chi connectivity index (χ0v) is 12.0. The summed E-state index contributed by atoms with van der Waals surface area (Å²) in [6, 6.07) is 18.9. The molecule has 2 aromatic carbocycles. The molecule has 100 valence electrons. The maximum atomic E-state index is 10.9. The van der Waals surface area contributed by atoms with Crippen LogP contribution in [-0.2, 0) is 17.3 Å². The molecule has 0 aliphatic heterocycles. The summed E-state index contributed by atoms with van der Waals surface area (Å²) >= 11 is 0. The van der Waals surface area contributed by atoms with Gasteiger partial charge in [0.25, 0.3) is 0 Å². The monoisotopic (exact) mass is 273 g/mol. The molecule has 2 nitrogen and oxygen atoms in total. The minimum atomic E-state index is -0.715. The van der Waals surface area contributed by atoms with Gasteiger partial charge in [0, 0.05) is 35.9 Å². The van der Waals surface area contributed by atoms with Crippen molar-refractivity contribution in [1.82, 2.24) is 5.32 Å². The van der Waals surface area contributed by atoms with Gasteiger partial charge in [-0.3, -0.25) is 4.21 Å². The fourth-order valence-corrected chi connectivity index (χ4v) is 2.33. The lowest BCUT2D eigenvalue weighted by molar-refractivity contribution is 0.676. The maximum Gasteiger partial charge on any atom is 0.0357 e. The summed E-state index contributed by atoms with van der Waals surface area (Å²) in [4.78, 5) is 0. The standard InChI is InChI=1S/C16H19NOS/c1-19(18)12-11-17-13-14-7-9-16(10-8-14)15-5-3-2-4-6-15/h2-10,17H,11-13H2,1H3. The summed E-state index contributed by atoms with van der Waals surface area (Å²) in [6.07, 6.45) is 1.73. The second kappa shape index (κ2) is 7.22. The van der Waals surface area contributed by atoms with Gasteiger partial charge in [-0.25, -0.2) is 0 Å². The van der Waals surface area contributed by atoms with Crippen LogP contribution in [-0.4, -0.2) is 22.8 Å². The molecule has 3 heteroatoms. The summed E-state index contributed by atoms with van der Waals surface area (Å²) < 4.78 is 10.9. The number of rotatable bonds is 6. The van der Waals surface area contributed by atoms with E-state index in [2.05, 4.69) is 53.8 Å². The van der Waals surface area contributed by atoms with Crippen molar-refractivity contribution in [2.75, 3.05) is 18.6 Å². The van der Waals surface area contributed by atoms with Crippen molar-refractivity contribution in [3.8, 4) is 11.1 Å². The second-order valence-corrected chi connectivity index (χ2v) is 6.07. The molecule has 0 bridgehead atoms. The van der Waals surface area contributed by atoms with E-state index in [0.717, 1.165) is 13.1 Å². The first-order valence-corrected chi connectivity index (χ1v) is 8.13. The van der Waals surface area contributed by atoms with E-state index in [0.29, 0.717) is 5.75 Å². The van der Waals surface area contributed by atoms with Crippen molar-refractivity contribution in [1.29, 1.82) is 0 Å². The molecule has 0 radical (unpaired) electrons. The Morgan fingerprint density at radius 1 is 0.947 bits per heavy atom. The molecule has 0 amide bonds. The van der Waals surface area contributed by atoms with Gasteiger partial charge in [-0.1, -0.05) is 54.6 Å². The summed E-state index contributed by atoms with van der Waals surface area (Å²) in [7, 11) is -0.715. The van der Waals surface area contributed by atoms with Crippen LogP contribution in [0, 0.1) is 0 Å². The largest absolute Gasteiger partial charge is 0.312 e. The van der Waals surface area contributed by atoms with Crippen LogP contribution in [0.5, 0.6) is 0 Å². The molecular weight excluding hydrogens is 254 g/mol. The number of hydrogen-bond donors (Lipinski definition) is 1. The normalized spacial score (nSPS) is 12.3.